The highest BCUT2D eigenvalue weighted by Gasteiger charge is 2.09. The van der Waals surface area contributed by atoms with Crippen LogP contribution < -0.4 is 5.43 Å². The molecule has 0 bridgehead atoms. The molecule has 0 saturated heterocycles. The maximum atomic E-state index is 11.9. The number of thioether (sulfide) groups is 1. The van der Waals surface area contributed by atoms with Gasteiger partial charge < -0.3 is 4.57 Å². The van der Waals surface area contributed by atoms with E-state index >= 15 is 0 Å². The van der Waals surface area contributed by atoms with Crippen molar-refractivity contribution in [1.29, 1.82) is 0 Å². The van der Waals surface area contributed by atoms with Gasteiger partial charge >= 0.3 is 0 Å². The van der Waals surface area contributed by atoms with E-state index in [0.29, 0.717) is 0 Å². The number of halogens is 1. The number of hydrogen-bond donors (Lipinski definition) is 0. The van der Waals surface area contributed by atoms with Crippen molar-refractivity contribution >= 4 is 49.2 Å². The summed E-state index contributed by atoms with van der Waals surface area (Å²) in [6, 6.07) is 1.98. The van der Waals surface area contributed by atoms with Gasteiger partial charge in [0.05, 0.1) is 14.2 Å². The molecular weight excluding hydrogens is 282 g/mol. The number of aryl methyl sites for hydroxylation is 1. The predicted molar refractivity (Wildman–Crippen MR) is 66.5 cm³/mol. The van der Waals surface area contributed by atoms with Gasteiger partial charge in [0, 0.05) is 13.2 Å². The second-order valence-corrected chi connectivity index (χ2v) is 6.18. The van der Waals surface area contributed by atoms with Gasteiger partial charge in [-0.15, -0.1) is 23.1 Å². The Balaban J connectivity index is 2.94. The molecule has 74 valence electrons. The van der Waals surface area contributed by atoms with Crippen LogP contribution in [0.15, 0.2) is 25.7 Å². The maximum absolute atomic E-state index is 11.9. The van der Waals surface area contributed by atoms with Crippen LogP contribution >= 0.6 is 39.0 Å². The van der Waals surface area contributed by atoms with E-state index in [4.69, 9.17) is 0 Å². The van der Waals surface area contributed by atoms with E-state index in [2.05, 4.69) is 15.9 Å². The summed E-state index contributed by atoms with van der Waals surface area (Å²) in [5, 5.41) is 0. The minimum atomic E-state index is 0.140. The van der Waals surface area contributed by atoms with E-state index in [9.17, 15) is 4.79 Å². The lowest BCUT2D eigenvalue weighted by Gasteiger charge is -2.02. The predicted octanol–water partition coefficient (Wildman–Crippen LogP) is 3.08. The first kappa shape index (κ1) is 10.3. The number of rotatable bonds is 1. The second kappa shape index (κ2) is 3.72. The van der Waals surface area contributed by atoms with Crippen LogP contribution in [-0.4, -0.2) is 10.8 Å². The highest BCUT2D eigenvalue weighted by Crippen LogP contribution is 2.28. The quantitative estimate of drug-likeness (QED) is 0.753. The average Bonchev–Trinajstić information content (AvgIpc) is 2.54. The fraction of sp³-hybridized carbons (Fsp3) is 0.222. The lowest BCUT2D eigenvalue weighted by molar-refractivity contribution is 0.927. The third-order valence-electron chi connectivity index (χ3n) is 2.02. The summed E-state index contributed by atoms with van der Waals surface area (Å²) < 4.78 is 3.81. The molecule has 0 aliphatic heterocycles. The number of hydrogen-bond acceptors (Lipinski definition) is 3. The molecule has 0 fully saturated rings. The first-order chi connectivity index (χ1) is 6.63. The summed E-state index contributed by atoms with van der Waals surface area (Å²) in [4.78, 5) is 12.7. The van der Waals surface area contributed by atoms with E-state index in [0.717, 1.165) is 18.9 Å². The molecule has 2 heterocycles. The third-order valence-corrected chi connectivity index (χ3v) is 4.38. The van der Waals surface area contributed by atoms with Crippen molar-refractivity contribution in [3.8, 4) is 0 Å². The lowest BCUT2D eigenvalue weighted by Crippen LogP contribution is -2.06. The van der Waals surface area contributed by atoms with Crippen LogP contribution in [0.3, 0.4) is 0 Å². The fourth-order valence-corrected chi connectivity index (χ4v) is 3.53. The Hall–Kier alpha value is -0.260. The zero-order chi connectivity index (χ0) is 10.3. The number of aromatic nitrogens is 1. The van der Waals surface area contributed by atoms with Crippen LogP contribution in [0.1, 0.15) is 0 Å². The summed E-state index contributed by atoms with van der Waals surface area (Å²) in [6.07, 6.45) is 3.81. The summed E-state index contributed by atoms with van der Waals surface area (Å²) in [7, 11) is 1.96. The summed E-state index contributed by atoms with van der Waals surface area (Å²) in [6.45, 7) is 0. The van der Waals surface area contributed by atoms with Gasteiger partial charge in [0.25, 0.3) is 0 Å². The van der Waals surface area contributed by atoms with E-state index in [1.807, 2.05) is 30.1 Å². The first-order valence-electron chi connectivity index (χ1n) is 3.96. The highest BCUT2D eigenvalue weighted by molar-refractivity contribution is 9.11. The molecule has 0 aliphatic carbocycles. The van der Waals surface area contributed by atoms with Gasteiger partial charge in [-0.05, 0) is 28.3 Å². The van der Waals surface area contributed by atoms with Crippen LogP contribution in [0.5, 0.6) is 0 Å². The molecule has 0 amide bonds. The van der Waals surface area contributed by atoms with Crippen LogP contribution in [0, 0.1) is 0 Å². The molecule has 0 aromatic carbocycles. The molecule has 14 heavy (non-hydrogen) atoms. The van der Waals surface area contributed by atoms with Gasteiger partial charge in [-0.3, -0.25) is 4.79 Å². The van der Waals surface area contributed by atoms with Crippen molar-refractivity contribution in [3.05, 3.63) is 26.3 Å². The van der Waals surface area contributed by atoms with Gasteiger partial charge in [0.2, 0.25) is 5.43 Å². The summed E-state index contributed by atoms with van der Waals surface area (Å²) >= 11 is 6.38. The number of thiophene rings is 1. The largest absolute Gasteiger partial charge is 0.348 e. The summed E-state index contributed by atoms with van der Waals surface area (Å²) in [5.41, 5.74) is 1.13. The molecule has 0 aliphatic rings. The fourth-order valence-electron chi connectivity index (χ4n) is 1.34. The SMILES string of the molecule is CSc1cn(C)c2cc(Br)sc2c1=O. The van der Waals surface area contributed by atoms with E-state index in [-0.39, 0.29) is 5.43 Å². The molecule has 2 rings (SSSR count). The summed E-state index contributed by atoms with van der Waals surface area (Å²) in [5.74, 6) is 0. The number of fused-ring (bicyclic) bond motifs is 1. The monoisotopic (exact) mass is 289 g/mol. The third kappa shape index (κ3) is 1.53. The topological polar surface area (TPSA) is 22.0 Å². The van der Waals surface area contributed by atoms with Crippen molar-refractivity contribution in [2.75, 3.05) is 6.26 Å². The van der Waals surface area contributed by atoms with Crippen LogP contribution in [0.25, 0.3) is 10.2 Å². The van der Waals surface area contributed by atoms with E-state index in [1.165, 1.54) is 23.1 Å². The van der Waals surface area contributed by atoms with E-state index < -0.39 is 0 Å². The van der Waals surface area contributed by atoms with Gasteiger partial charge in [-0.25, -0.2) is 0 Å². The van der Waals surface area contributed by atoms with Crippen molar-refractivity contribution in [2.45, 2.75) is 4.90 Å². The molecule has 0 saturated carbocycles. The zero-order valence-corrected chi connectivity index (χ0v) is 10.9. The van der Waals surface area contributed by atoms with Crippen molar-refractivity contribution in [3.63, 3.8) is 0 Å². The molecular formula is C9H8BrNOS2. The minimum absolute atomic E-state index is 0.140. The zero-order valence-electron chi connectivity index (χ0n) is 7.70. The Labute approximate surface area is 98.1 Å². The number of nitrogens with zero attached hydrogens (tertiary/aromatic N) is 1. The van der Waals surface area contributed by atoms with Crippen molar-refractivity contribution in [1.82, 2.24) is 4.57 Å². The van der Waals surface area contributed by atoms with E-state index in [1.54, 1.807) is 0 Å². The Morgan fingerprint density at radius 1 is 1.57 bits per heavy atom. The molecule has 0 radical (unpaired) electrons. The molecule has 2 aromatic rings. The molecule has 0 unspecified atom stereocenters. The smallest absolute Gasteiger partial charge is 0.212 e. The van der Waals surface area contributed by atoms with Gasteiger partial charge in [-0.2, -0.15) is 0 Å². The highest BCUT2D eigenvalue weighted by atomic mass is 79.9. The number of pyridine rings is 1. The second-order valence-electron chi connectivity index (χ2n) is 2.90. The van der Waals surface area contributed by atoms with Crippen LogP contribution in [-0.2, 0) is 7.05 Å². The van der Waals surface area contributed by atoms with Gasteiger partial charge in [-0.1, -0.05) is 0 Å². The molecule has 5 heteroatoms. The first-order valence-corrected chi connectivity index (χ1v) is 6.79. The van der Waals surface area contributed by atoms with Crippen LogP contribution in [0.2, 0.25) is 0 Å². The molecule has 0 N–H and O–H groups in total. The Morgan fingerprint density at radius 2 is 2.29 bits per heavy atom. The Kier molecular flexibility index (Phi) is 2.72. The maximum Gasteiger partial charge on any atom is 0.212 e. The lowest BCUT2D eigenvalue weighted by atomic mass is 10.4. The molecule has 2 nitrogen and oxygen atoms in total. The Morgan fingerprint density at radius 3 is 2.93 bits per heavy atom. The molecule has 0 spiro atoms. The minimum Gasteiger partial charge on any atom is -0.348 e. The molecule has 0 atom stereocenters. The van der Waals surface area contributed by atoms with Gasteiger partial charge in [0.1, 0.15) is 4.70 Å². The standard InChI is InChI=1S/C9H8BrNOS2/c1-11-4-6(13-2)8(12)9-5(11)3-7(10)14-9/h3-4H,1-2H3. The van der Waals surface area contributed by atoms with Crippen molar-refractivity contribution in [2.24, 2.45) is 7.05 Å². The van der Waals surface area contributed by atoms with Crippen molar-refractivity contribution < 1.29 is 0 Å². The average molecular weight is 290 g/mol. The Bertz CT molecular complexity index is 543. The normalized spacial score (nSPS) is 11.1. The van der Waals surface area contributed by atoms with Gasteiger partial charge in [0.15, 0.2) is 0 Å². The molecule has 2 aromatic heterocycles. The van der Waals surface area contributed by atoms with Crippen LogP contribution in [0.4, 0.5) is 0 Å².